The molecule has 1 aliphatic heterocycles. The number of carbonyl (C=O) groups is 1. The van der Waals surface area contributed by atoms with Crippen molar-refractivity contribution in [1.29, 1.82) is 0 Å². The molecule has 0 spiro atoms. The summed E-state index contributed by atoms with van der Waals surface area (Å²) in [5.74, 6) is -0.116. The molecule has 0 aromatic heterocycles. The summed E-state index contributed by atoms with van der Waals surface area (Å²) in [4.78, 5) is 10.8. The topological polar surface area (TPSA) is 70.9 Å². The third-order valence-corrected chi connectivity index (χ3v) is 3.01. The molecule has 0 radical (unpaired) electrons. The smallest absolute Gasteiger partial charge is 0.335 e. The van der Waals surface area contributed by atoms with Gasteiger partial charge in [-0.15, -0.1) is 0 Å². The van der Waals surface area contributed by atoms with Crippen molar-refractivity contribution >= 4 is 17.4 Å². The molecule has 2 N–H and O–H groups in total. The van der Waals surface area contributed by atoms with Gasteiger partial charge in [0.2, 0.25) is 0 Å². The number of anilines is 1. The number of benzene rings is 2. The van der Waals surface area contributed by atoms with E-state index in [0.717, 1.165) is 22.7 Å². The Hall–Kier alpha value is -2.82. The lowest BCUT2D eigenvalue weighted by Gasteiger charge is -2.02. The van der Waals surface area contributed by atoms with Crippen molar-refractivity contribution in [2.24, 2.45) is 5.10 Å². The van der Waals surface area contributed by atoms with Crippen molar-refractivity contribution in [2.45, 2.75) is 0 Å². The second-order valence-corrected chi connectivity index (χ2v) is 4.34. The summed E-state index contributed by atoms with van der Waals surface area (Å²) < 4.78 is 5.50. The van der Waals surface area contributed by atoms with Crippen LogP contribution in [0.25, 0.3) is 0 Å². The highest BCUT2D eigenvalue weighted by Gasteiger charge is 2.18. The zero-order valence-corrected chi connectivity index (χ0v) is 10.5. The maximum absolute atomic E-state index is 10.8. The lowest BCUT2D eigenvalue weighted by molar-refractivity contribution is 0.0697. The minimum atomic E-state index is -0.944. The average molecular weight is 268 g/mol. The molecule has 5 heteroatoms. The second-order valence-electron chi connectivity index (χ2n) is 4.34. The lowest BCUT2D eigenvalue weighted by atomic mass is 10.1. The van der Waals surface area contributed by atoms with Crippen molar-refractivity contribution in [2.75, 3.05) is 12.0 Å². The zero-order valence-electron chi connectivity index (χ0n) is 10.5. The van der Waals surface area contributed by atoms with Gasteiger partial charge in [-0.05, 0) is 36.4 Å². The molecule has 0 aliphatic carbocycles. The number of hydrogen-bond acceptors (Lipinski definition) is 4. The standard InChI is InChI=1S/C15H12N2O3/c18-15(19)10-5-7-11(8-6-10)16-17-13-9-20-14-4-2-1-3-12(13)14/h1-8,16H,9H2,(H,18,19)/b17-13-. The monoisotopic (exact) mass is 268 g/mol. The molecule has 0 saturated carbocycles. The minimum absolute atomic E-state index is 0.248. The average Bonchev–Trinajstić information content (AvgIpc) is 2.89. The van der Waals surface area contributed by atoms with Gasteiger partial charge in [-0.3, -0.25) is 5.43 Å². The molecular weight excluding hydrogens is 256 g/mol. The Bertz CT molecular complexity index is 678. The van der Waals surface area contributed by atoms with Crippen LogP contribution in [-0.2, 0) is 0 Å². The number of carboxylic acids is 1. The van der Waals surface area contributed by atoms with E-state index in [2.05, 4.69) is 10.5 Å². The molecule has 100 valence electrons. The summed E-state index contributed by atoms with van der Waals surface area (Å²) in [6, 6.07) is 14.1. The number of aromatic carboxylic acids is 1. The Morgan fingerprint density at radius 2 is 1.90 bits per heavy atom. The van der Waals surface area contributed by atoms with Crippen LogP contribution in [0.2, 0.25) is 0 Å². The van der Waals surface area contributed by atoms with Crippen molar-refractivity contribution in [1.82, 2.24) is 0 Å². The Labute approximate surface area is 115 Å². The highest BCUT2D eigenvalue weighted by atomic mass is 16.5. The van der Waals surface area contributed by atoms with E-state index >= 15 is 0 Å². The fourth-order valence-corrected chi connectivity index (χ4v) is 1.97. The van der Waals surface area contributed by atoms with E-state index in [0.29, 0.717) is 6.61 Å². The molecule has 0 bridgehead atoms. The van der Waals surface area contributed by atoms with Crippen molar-refractivity contribution in [3.8, 4) is 5.75 Å². The van der Waals surface area contributed by atoms with Gasteiger partial charge in [0.05, 0.1) is 11.3 Å². The molecule has 2 aromatic carbocycles. The molecule has 0 fully saturated rings. The predicted octanol–water partition coefficient (Wildman–Crippen LogP) is 2.59. The summed E-state index contributed by atoms with van der Waals surface area (Å²) in [7, 11) is 0. The fourth-order valence-electron chi connectivity index (χ4n) is 1.97. The number of hydrazone groups is 1. The summed E-state index contributed by atoms with van der Waals surface area (Å²) in [5, 5.41) is 13.1. The molecule has 0 amide bonds. The number of hydrogen-bond donors (Lipinski definition) is 2. The van der Waals surface area contributed by atoms with Gasteiger partial charge in [0, 0.05) is 5.56 Å². The van der Waals surface area contributed by atoms with E-state index in [1.165, 1.54) is 12.1 Å². The highest BCUT2D eigenvalue weighted by Crippen LogP contribution is 2.24. The number of fused-ring (bicyclic) bond motifs is 1. The van der Waals surface area contributed by atoms with E-state index in [-0.39, 0.29) is 5.56 Å². The lowest BCUT2D eigenvalue weighted by Crippen LogP contribution is -2.05. The first-order chi connectivity index (χ1) is 9.74. The quantitative estimate of drug-likeness (QED) is 0.839. The number of carboxylic acid groups (broad SMARTS) is 1. The van der Waals surface area contributed by atoms with Crippen molar-refractivity contribution < 1.29 is 14.6 Å². The van der Waals surface area contributed by atoms with Crippen LogP contribution in [0.15, 0.2) is 53.6 Å². The second kappa shape index (κ2) is 5.05. The van der Waals surface area contributed by atoms with E-state index in [1.807, 2.05) is 24.3 Å². The van der Waals surface area contributed by atoms with Gasteiger partial charge in [0.15, 0.2) is 0 Å². The number of para-hydroxylation sites is 1. The molecular formula is C15H12N2O3. The molecule has 0 atom stereocenters. The maximum Gasteiger partial charge on any atom is 0.335 e. The molecule has 0 unspecified atom stereocenters. The van der Waals surface area contributed by atoms with E-state index in [9.17, 15) is 4.79 Å². The first-order valence-corrected chi connectivity index (χ1v) is 6.12. The Morgan fingerprint density at radius 1 is 1.15 bits per heavy atom. The summed E-state index contributed by atoms with van der Waals surface area (Å²) >= 11 is 0. The Morgan fingerprint density at radius 3 is 2.65 bits per heavy atom. The molecule has 1 aliphatic rings. The van der Waals surface area contributed by atoms with Gasteiger partial charge < -0.3 is 9.84 Å². The zero-order chi connectivity index (χ0) is 13.9. The predicted molar refractivity (Wildman–Crippen MR) is 75.5 cm³/mol. The van der Waals surface area contributed by atoms with Gasteiger partial charge in [0.1, 0.15) is 18.1 Å². The van der Waals surface area contributed by atoms with Crippen LogP contribution in [0.1, 0.15) is 15.9 Å². The third kappa shape index (κ3) is 2.33. The molecule has 3 rings (SSSR count). The SMILES string of the molecule is O=C(O)c1ccc(N/N=C2/COc3ccccc32)cc1. The number of rotatable bonds is 3. The first-order valence-electron chi connectivity index (χ1n) is 6.12. The van der Waals surface area contributed by atoms with Crippen LogP contribution in [-0.4, -0.2) is 23.4 Å². The normalized spacial score (nSPS) is 14.7. The minimum Gasteiger partial charge on any atom is -0.487 e. The molecule has 5 nitrogen and oxygen atoms in total. The molecule has 2 aromatic rings. The van der Waals surface area contributed by atoms with Crippen LogP contribution in [0.4, 0.5) is 5.69 Å². The van der Waals surface area contributed by atoms with Crippen molar-refractivity contribution in [3.63, 3.8) is 0 Å². The Balaban J connectivity index is 1.76. The number of nitrogens with zero attached hydrogens (tertiary/aromatic N) is 1. The summed E-state index contributed by atoms with van der Waals surface area (Å²) in [6.45, 7) is 0.430. The molecule has 20 heavy (non-hydrogen) atoms. The van der Waals surface area contributed by atoms with E-state index in [1.54, 1.807) is 12.1 Å². The largest absolute Gasteiger partial charge is 0.487 e. The van der Waals surface area contributed by atoms with Crippen LogP contribution in [0.3, 0.4) is 0 Å². The van der Waals surface area contributed by atoms with Gasteiger partial charge in [-0.25, -0.2) is 4.79 Å². The summed E-state index contributed by atoms with van der Waals surface area (Å²) in [5.41, 5.74) is 5.68. The van der Waals surface area contributed by atoms with Gasteiger partial charge in [0.25, 0.3) is 0 Å². The van der Waals surface area contributed by atoms with Gasteiger partial charge >= 0.3 is 5.97 Å². The molecule has 1 heterocycles. The fraction of sp³-hybridized carbons (Fsp3) is 0.0667. The van der Waals surface area contributed by atoms with Crippen LogP contribution < -0.4 is 10.2 Å². The maximum atomic E-state index is 10.8. The van der Waals surface area contributed by atoms with Gasteiger partial charge in [-0.2, -0.15) is 5.10 Å². The number of ether oxygens (including phenoxy) is 1. The van der Waals surface area contributed by atoms with Crippen LogP contribution in [0, 0.1) is 0 Å². The number of nitrogens with one attached hydrogen (secondary N) is 1. The van der Waals surface area contributed by atoms with E-state index < -0.39 is 5.97 Å². The Kier molecular flexibility index (Phi) is 3.09. The van der Waals surface area contributed by atoms with E-state index in [4.69, 9.17) is 9.84 Å². The highest BCUT2D eigenvalue weighted by molar-refractivity contribution is 6.06. The van der Waals surface area contributed by atoms with Crippen molar-refractivity contribution in [3.05, 3.63) is 59.7 Å². The first kappa shape index (κ1) is 12.2. The van der Waals surface area contributed by atoms with Crippen LogP contribution >= 0.6 is 0 Å². The molecule has 0 saturated heterocycles. The van der Waals surface area contributed by atoms with Crippen LogP contribution in [0.5, 0.6) is 5.75 Å². The summed E-state index contributed by atoms with van der Waals surface area (Å²) in [6.07, 6.45) is 0. The van der Waals surface area contributed by atoms with Gasteiger partial charge in [-0.1, -0.05) is 12.1 Å². The third-order valence-electron chi connectivity index (χ3n) is 3.01.